The summed E-state index contributed by atoms with van der Waals surface area (Å²) in [6.07, 6.45) is 1.18. The van der Waals surface area contributed by atoms with Crippen LogP contribution < -0.4 is 10.2 Å². The molecule has 1 fully saturated rings. The van der Waals surface area contributed by atoms with Gasteiger partial charge in [0.2, 0.25) is 0 Å². The summed E-state index contributed by atoms with van der Waals surface area (Å²) in [5.41, 5.74) is 0.240. The van der Waals surface area contributed by atoms with Crippen LogP contribution in [0.4, 0.5) is 19.3 Å². The number of nitrogens with one attached hydrogen (secondary N) is 1. The molecular formula is C21H11ClF2N2O4. The number of anilines is 1. The number of imide groups is 2. The molecule has 1 N–H and O–H groups in total. The molecule has 6 nitrogen and oxygen atoms in total. The van der Waals surface area contributed by atoms with Crippen molar-refractivity contribution in [3.63, 3.8) is 0 Å². The average molecular weight is 429 g/mol. The SMILES string of the molecule is O=C1NC(=O)N(c2ccc(F)cc2)C(=O)/C1=C/c1ccc(-c2ccc(F)c(Cl)c2)o1. The van der Waals surface area contributed by atoms with Crippen molar-refractivity contribution in [2.75, 3.05) is 4.90 Å². The highest BCUT2D eigenvalue weighted by Gasteiger charge is 2.37. The summed E-state index contributed by atoms with van der Waals surface area (Å²) in [7, 11) is 0. The Hall–Kier alpha value is -3.78. The molecule has 0 aliphatic carbocycles. The first-order valence-electron chi connectivity index (χ1n) is 8.56. The second-order valence-corrected chi connectivity index (χ2v) is 6.67. The van der Waals surface area contributed by atoms with Crippen molar-refractivity contribution < 1.29 is 27.6 Å². The molecule has 0 atom stereocenters. The molecule has 30 heavy (non-hydrogen) atoms. The van der Waals surface area contributed by atoms with Crippen LogP contribution in [0.5, 0.6) is 0 Å². The van der Waals surface area contributed by atoms with E-state index >= 15 is 0 Å². The number of hydrogen-bond acceptors (Lipinski definition) is 4. The van der Waals surface area contributed by atoms with Crippen LogP contribution in [0.2, 0.25) is 5.02 Å². The molecule has 1 saturated heterocycles. The van der Waals surface area contributed by atoms with E-state index < -0.39 is 29.5 Å². The minimum Gasteiger partial charge on any atom is -0.457 e. The average Bonchev–Trinajstić information content (AvgIpc) is 3.17. The van der Waals surface area contributed by atoms with Gasteiger partial charge in [-0.25, -0.2) is 18.5 Å². The molecule has 0 radical (unpaired) electrons. The Kier molecular flexibility index (Phi) is 4.93. The normalized spacial score (nSPS) is 15.6. The van der Waals surface area contributed by atoms with Gasteiger partial charge in [0.05, 0.1) is 10.7 Å². The van der Waals surface area contributed by atoms with Crippen molar-refractivity contribution >= 4 is 41.2 Å². The van der Waals surface area contributed by atoms with Crippen molar-refractivity contribution in [1.29, 1.82) is 0 Å². The molecule has 3 aromatic rings. The van der Waals surface area contributed by atoms with E-state index in [2.05, 4.69) is 5.32 Å². The molecule has 9 heteroatoms. The molecule has 1 aliphatic rings. The Labute approximate surface area is 173 Å². The zero-order valence-corrected chi connectivity index (χ0v) is 15.7. The van der Waals surface area contributed by atoms with E-state index in [9.17, 15) is 23.2 Å². The molecule has 150 valence electrons. The van der Waals surface area contributed by atoms with E-state index in [4.69, 9.17) is 16.0 Å². The first kappa shape index (κ1) is 19.5. The first-order valence-corrected chi connectivity index (χ1v) is 8.93. The maximum atomic E-state index is 13.3. The van der Waals surface area contributed by atoms with Crippen molar-refractivity contribution in [3.8, 4) is 11.3 Å². The number of amides is 4. The summed E-state index contributed by atoms with van der Waals surface area (Å²) in [6, 6.07) is 10.8. The van der Waals surface area contributed by atoms with Crippen LogP contribution in [0, 0.1) is 11.6 Å². The number of halogens is 3. The van der Waals surface area contributed by atoms with Gasteiger partial charge in [-0.05, 0) is 60.7 Å². The predicted octanol–water partition coefficient (Wildman–Crippen LogP) is 4.54. The predicted molar refractivity (Wildman–Crippen MR) is 105 cm³/mol. The lowest BCUT2D eigenvalue weighted by Crippen LogP contribution is -2.54. The number of nitrogens with zero attached hydrogens (tertiary/aromatic N) is 1. The molecule has 0 unspecified atom stereocenters. The Morgan fingerprint density at radius 2 is 1.70 bits per heavy atom. The van der Waals surface area contributed by atoms with Gasteiger partial charge in [0.1, 0.15) is 28.7 Å². The molecule has 0 saturated carbocycles. The standard InChI is InChI=1S/C21H11ClF2N2O4/c22-16-9-11(1-7-17(16)24)18-8-6-14(30-18)10-15-19(27)25-21(29)26(20(15)28)13-4-2-12(23)3-5-13/h1-10H,(H,25,27,29)/b15-10+. The van der Waals surface area contributed by atoms with Crippen molar-refractivity contribution in [3.05, 3.63) is 82.6 Å². The highest BCUT2D eigenvalue weighted by atomic mass is 35.5. The number of hydrogen-bond donors (Lipinski definition) is 1. The molecule has 1 aromatic heterocycles. The van der Waals surface area contributed by atoms with E-state index in [0.717, 1.165) is 17.0 Å². The first-order chi connectivity index (χ1) is 14.3. The Bertz CT molecular complexity index is 1220. The number of urea groups is 1. The van der Waals surface area contributed by atoms with E-state index in [1.54, 1.807) is 6.07 Å². The number of barbiturate groups is 1. The lowest BCUT2D eigenvalue weighted by molar-refractivity contribution is -0.122. The molecule has 0 spiro atoms. The van der Waals surface area contributed by atoms with Crippen LogP contribution in [-0.2, 0) is 9.59 Å². The minimum absolute atomic E-state index is 0.0842. The molecule has 2 heterocycles. The molecule has 2 aromatic carbocycles. The highest BCUT2D eigenvalue weighted by molar-refractivity contribution is 6.39. The lowest BCUT2D eigenvalue weighted by Gasteiger charge is -2.26. The quantitative estimate of drug-likeness (QED) is 0.490. The Morgan fingerprint density at radius 3 is 2.40 bits per heavy atom. The lowest BCUT2D eigenvalue weighted by atomic mass is 10.1. The van der Waals surface area contributed by atoms with Crippen LogP contribution in [0.15, 0.2) is 64.6 Å². The van der Waals surface area contributed by atoms with Gasteiger partial charge in [0.25, 0.3) is 11.8 Å². The summed E-state index contributed by atoms with van der Waals surface area (Å²) in [4.78, 5) is 37.8. The third-order valence-corrected chi connectivity index (χ3v) is 4.59. The maximum absolute atomic E-state index is 13.3. The summed E-state index contributed by atoms with van der Waals surface area (Å²) in [5, 5.41) is 1.98. The van der Waals surface area contributed by atoms with E-state index in [1.807, 2.05) is 0 Å². The van der Waals surface area contributed by atoms with E-state index in [-0.39, 0.29) is 22.0 Å². The second kappa shape index (κ2) is 7.57. The fourth-order valence-electron chi connectivity index (χ4n) is 2.86. The van der Waals surface area contributed by atoms with Crippen molar-refractivity contribution in [1.82, 2.24) is 5.32 Å². The molecule has 0 bridgehead atoms. The second-order valence-electron chi connectivity index (χ2n) is 6.27. The van der Waals surface area contributed by atoms with Gasteiger partial charge in [-0.15, -0.1) is 0 Å². The molecular weight excluding hydrogens is 418 g/mol. The van der Waals surface area contributed by atoms with Gasteiger partial charge in [0.15, 0.2) is 0 Å². The van der Waals surface area contributed by atoms with Gasteiger partial charge < -0.3 is 4.42 Å². The summed E-state index contributed by atoms with van der Waals surface area (Å²) < 4.78 is 32.1. The molecule has 1 aliphatic heterocycles. The van der Waals surface area contributed by atoms with Crippen LogP contribution in [0.1, 0.15) is 5.76 Å². The Balaban J connectivity index is 1.67. The van der Waals surface area contributed by atoms with Crippen LogP contribution in [0.25, 0.3) is 17.4 Å². The molecule has 4 rings (SSSR count). The van der Waals surface area contributed by atoms with Gasteiger partial charge >= 0.3 is 6.03 Å². The number of furan rings is 1. The fourth-order valence-corrected chi connectivity index (χ4v) is 3.04. The number of rotatable bonds is 3. The van der Waals surface area contributed by atoms with Crippen molar-refractivity contribution in [2.45, 2.75) is 0 Å². The van der Waals surface area contributed by atoms with Gasteiger partial charge in [-0.1, -0.05) is 11.6 Å². The zero-order chi connectivity index (χ0) is 21.4. The monoisotopic (exact) mass is 428 g/mol. The number of carbonyl (C=O) groups is 3. The van der Waals surface area contributed by atoms with Crippen LogP contribution >= 0.6 is 11.6 Å². The third kappa shape index (κ3) is 3.60. The number of carbonyl (C=O) groups excluding carboxylic acids is 3. The van der Waals surface area contributed by atoms with Gasteiger partial charge in [0, 0.05) is 5.56 Å². The van der Waals surface area contributed by atoms with Crippen LogP contribution in [-0.4, -0.2) is 17.8 Å². The van der Waals surface area contributed by atoms with Gasteiger partial charge in [-0.3, -0.25) is 14.9 Å². The zero-order valence-electron chi connectivity index (χ0n) is 15.0. The van der Waals surface area contributed by atoms with Crippen molar-refractivity contribution in [2.24, 2.45) is 0 Å². The summed E-state index contributed by atoms with van der Waals surface area (Å²) >= 11 is 5.77. The van der Waals surface area contributed by atoms with E-state index in [0.29, 0.717) is 11.3 Å². The minimum atomic E-state index is -0.949. The third-order valence-electron chi connectivity index (χ3n) is 4.30. The molecule has 4 amide bonds. The van der Waals surface area contributed by atoms with Gasteiger partial charge in [-0.2, -0.15) is 0 Å². The fraction of sp³-hybridized carbons (Fsp3) is 0. The summed E-state index contributed by atoms with van der Waals surface area (Å²) in [5.74, 6) is -2.43. The summed E-state index contributed by atoms with van der Waals surface area (Å²) in [6.45, 7) is 0. The smallest absolute Gasteiger partial charge is 0.335 e. The number of benzene rings is 2. The van der Waals surface area contributed by atoms with E-state index in [1.165, 1.54) is 42.5 Å². The topological polar surface area (TPSA) is 79.6 Å². The highest BCUT2D eigenvalue weighted by Crippen LogP contribution is 2.28. The van der Waals surface area contributed by atoms with Crippen LogP contribution in [0.3, 0.4) is 0 Å². The Morgan fingerprint density at radius 1 is 0.967 bits per heavy atom. The maximum Gasteiger partial charge on any atom is 0.335 e. The largest absolute Gasteiger partial charge is 0.457 e.